The Morgan fingerprint density at radius 1 is 1.19 bits per heavy atom. The Bertz CT molecular complexity index is 378. The number of anilines is 1. The molecule has 1 aromatic carbocycles. The van der Waals surface area contributed by atoms with Gasteiger partial charge in [-0.3, -0.25) is 0 Å². The second kappa shape index (κ2) is 4.00. The lowest BCUT2D eigenvalue weighted by atomic mass is 10.2. The van der Waals surface area contributed by atoms with Gasteiger partial charge in [-0.25, -0.2) is 0 Å². The Kier molecular flexibility index (Phi) is 2.83. The van der Waals surface area contributed by atoms with Gasteiger partial charge in [-0.1, -0.05) is 0 Å². The first-order chi connectivity index (χ1) is 7.50. The Labute approximate surface area is 98.2 Å². The molecule has 1 aliphatic heterocycles. The molecule has 0 N–H and O–H groups in total. The van der Waals surface area contributed by atoms with Gasteiger partial charge in [0.05, 0.1) is 6.10 Å². The first-order valence-electron chi connectivity index (χ1n) is 6.06. The summed E-state index contributed by atoms with van der Waals surface area (Å²) in [5, 5.41) is 0. The second-order valence-electron chi connectivity index (χ2n) is 5.00. The normalized spacial score (nSPS) is 23.8. The SMILES string of the molecule is Cc1cc(OC(C)C)ccc1N1C(C)C1C. The summed E-state index contributed by atoms with van der Waals surface area (Å²) in [5.74, 6) is 0.971. The van der Waals surface area contributed by atoms with Crippen molar-refractivity contribution in [2.75, 3.05) is 4.90 Å². The number of benzene rings is 1. The number of ether oxygens (including phenoxy) is 1. The van der Waals surface area contributed by atoms with Crippen LogP contribution in [0.1, 0.15) is 33.3 Å². The van der Waals surface area contributed by atoms with E-state index in [4.69, 9.17) is 4.74 Å². The number of nitrogens with zero attached hydrogens (tertiary/aromatic N) is 1. The minimum absolute atomic E-state index is 0.240. The number of aryl methyl sites for hydroxylation is 1. The zero-order valence-electron chi connectivity index (χ0n) is 10.8. The molecule has 0 bridgehead atoms. The highest BCUT2D eigenvalue weighted by atomic mass is 16.5. The minimum atomic E-state index is 0.240. The fraction of sp³-hybridized carbons (Fsp3) is 0.571. The Balaban J connectivity index is 2.18. The molecule has 0 radical (unpaired) electrons. The Morgan fingerprint density at radius 3 is 2.25 bits per heavy atom. The molecule has 1 heterocycles. The summed E-state index contributed by atoms with van der Waals surface area (Å²) in [4.78, 5) is 2.44. The van der Waals surface area contributed by atoms with E-state index in [0.29, 0.717) is 12.1 Å². The maximum atomic E-state index is 5.69. The first kappa shape index (κ1) is 11.3. The van der Waals surface area contributed by atoms with Crippen molar-refractivity contribution in [2.24, 2.45) is 0 Å². The average molecular weight is 219 g/mol. The highest BCUT2D eigenvalue weighted by Gasteiger charge is 2.40. The summed E-state index contributed by atoms with van der Waals surface area (Å²) >= 11 is 0. The highest BCUT2D eigenvalue weighted by Crippen LogP contribution is 2.37. The molecular formula is C14H21NO. The molecule has 2 unspecified atom stereocenters. The maximum Gasteiger partial charge on any atom is 0.120 e. The van der Waals surface area contributed by atoms with Gasteiger partial charge in [0.1, 0.15) is 5.75 Å². The molecular weight excluding hydrogens is 198 g/mol. The number of hydrogen-bond donors (Lipinski definition) is 0. The van der Waals surface area contributed by atoms with Crippen molar-refractivity contribution in [2.45, 2.75) is 52.8 Å². The summed E-state index contributed by atoms with van der Waals surface area (Å²) < 4.78 is 5.69. The van der Waals surface area contributed by atoms with Gasteiger partial charge in [0, 0.05) is 17.8 Å². The van der Waals surface area contributed by atoms with Crippen LogP contribution in [0.15, 0.2) is 18.2 Å². The van der Waals surface area contributed by atoms with E-state index in [1.54, 1.807) is 0 Å². The zero-order chi connectivity index (χ0) is 11.9. The van der Waals surface area contributed by atoms with Gasteiger partial charge in [-0.15, -0.1) is 0 Å². The largest absolute Gasteiger partial charge is 0.491 e. The van der Waals surface area contributed by atoms with E-state index >= 15 is 0 Å². The van der Waals surface area contributed by atoms with E-state index in [0.717, 1.165) is 5.75 Å². The Hall–Kier alpha value is -1.18. The Morgan fingerprint density at radius 2 is 1.81 bits per heavy atom. The second-order valence-corrected chi connectivity index (χ2v) is 5.00. The molecule has 88 valence electrons. The number of rotatable bonds is 3. The average Bonchev–Trinajstić information content (AvgIpc) is 2.75. The third-order valence-electron chi connectivity index (χ3n) is 3.30. The van der Waals surface area contributed by atoms with Crippen LogP contribution >= 0.6 is 0 Å². The molecule has 16 heavy (non-hydrogen) atoms. The molecule has 0 amide bonds. The van der Waals surface area contributed by atoms with Crippen LogP contribution in [0.3, 0.4) is 0 Å². The molecule has 2 nitrogen and oxygen atoms in total. The van der Waals surface area contributed by atoms with E-state index in [9.17, 15) is 0 Å². The van der Waals surface area contributed by atoms with E-state index in [2.05, 4.69) is 57.7 Å². The van der Waals surface area contributed by atoms with Gasteiger partial charge in [0.15, 0.2) is 0 Å². The lowest BCUT2D eigenvalue weighted by Gasteiger charge is -2.14. The van der Waals surface area contributed by atoms with Gasteiger partial charge in [0.2, 0.25) is 0 Å². The quantitative estimate of drug-likeness (QED) is 0.722. The van der Waals surface area contributed by atoms with Crippen molar-refractivity contribution in [3.8, 4) is 5.75 Å². The molecule has 1 aromatic rings. The third kappa shape index (κ3) is 2.01. The topological polar surface area (TPSA) is 12.2 Å². The first-order valence-corrected chi connectivity index (χ1v) is 6.06. The minimum Gasteiger partial charge on any atom is -0.491 e. The molecule has 0 aromatic heterocycles. The monoisotopic (exact) mass is 219 g/mol. The van der Waals surface area contributed by atoms with Gasteiger partial charge in [-0.05, 0) is 58.4 Å². The lowest BCUT2D eigenvalue weighted by molar-refractivity contribution is 0.242. The zero-order valence-corrected chi connectivity index (χ0v) is 10.8. The van der Waals surface area contributed by atoms with E-state index < -0.39 is 0 Å². The summed E-state index contributed by atoms with van der Waals surface area (Å²) in [5.41, 5.74) is 2.64. The van der Waals surface area contributed by atoms with Crippen molar-refractivity contribution in [3.63, 3.8) is 0 Å². The molecule has 2 rings (SSSR count). The van der Waals surface area contributed by atoms with Gasteiger partial charge < -0.3 is 9.64 Å². The lowest BCUT2D eigenvalue weighted by Crippen LogP contribution is -2.06. The van der Waals surface area contributed by atoms with Crippen molar-refractivity contribution < 1.29 is 4.74 Å². The maximum absolute atomic E-state index is 5.69. The van der Waals surface area contributed by atoms with Crippen LogP contribution in [0.4, 0.5) is 5.69 Å². The molecule has 2 atom stereocenters. The van der Waals surface area contributed by atoms with E-state index in [1.165, 1.54) is 11.3 Å². The van der Waals surface area contributed by atoms with Gasteiger partial charge in [0.25, 0.3) is 0 Å². The van der Waals surface area contributed by atoms with Crippen LogP contribution in [-0.4, -0.2) is 18.2 Å². The summed E-state index contributed by atoms with van der Waals surface area (Å²) in [7, 11) is 0. The predicted octanol–water partition coefficient (Wildman–Crippen LogP) is 3.38. The van der Waals surface area contributed by atoms with Gasteiger partial charge in [-0.2, -0.15) is 0 Å². The van der Waals surface area contributed by atoms with Crippen molar-refractivity contribution >= 4 is 5.69 Å². The van der Waals surface area contributed by atoms with Crippen LogP contribution in [0.5, 0.6) is 5.75 Å². The molecule has 2 heteroatoms. The van der Waals surface area contributed by atoms with Crippen molar-refractivity contribution in [1.82, 2.24) is 0 Å². The fourth-order valence-corrected chi connectivity index (χ4v) is 2.21. The van der Waals surface area contributed by atoms with Crippen LogP contribution in [0.2, 0.25) is 0 Å². The highest BCUT2D eigenvalue weighted by molar-refractivity contribution is 5.62. The van der Waals surface area contributed by atoms with Crippen LogP contribution < -0.4 is 9.64 Å². The van der Waals surface area contributed by atoms with Crippen LogP contribution in [-0.2, 0) is 0 Å². The molecule has 0 aliphatic carbocycles. The molecule has 1 aliphatic rings. The summed E-state index contributed by atoms with van der Waals surface area (Å²) in [6.07, 6.45) is 0.240. The summed E-state index contributed by atoms with van der Waals surface area (Å²) in [6.45, 7) is 10.8. The molecule has 0 saturated carbocycles. The van der Waals surface area contributed by atoms with Crippen LogP contribution in [0.25, 0.3) is 0 Å². The molecule has 0 spiro atoms. The van der Waals surface area contributed by atoms with Gasteiger partial charge >= 0.3 is 0 Å². The summed E-state index contributed by atoms with van der Waals surface area (Å²) in [6, 6.07) is 7.73. The van der Waals surface area contributed by atoms with E-state index in [-0.39, 0.29) is 6.10 Å². The number of hydrogen-bond acceptors (Lipinski definition) is 2. The van der Waals surface area contributed by atoms with Crippen LogP contribution in [0, 0.1) is 6.92 Å². The van der Waals surface area contributed by atoms with Crippen molar-refractivity contribution in [1.29, 1.82) is 0 Å². The molecule has 1 fully saturated rings. The van der Waals surface area contributed by atoms with Crippen molar-refractivity contribution in [3.05, 3.63) is 23.8 Å². The predicted molar refractivity (Wildman–Crippen MR) is 68.3 cm³/mol. The standard InChI is InChI=1S/C14H21NO/c1-9(2)16-13-6-7-14(10(3)8-13)15-11(4)12(15)5/h6-9,11-12H,1-5H3. The van der Waals surface area contributed by atoms with E-state index in [1.807, 2.05) is 0 Å². The molecule has 1 saturated heterocycles. The third-order valence-corrected chi connectivity index (χ3v) is 3.30. The fourth-order valence-electron chi connectivity index (χ4n) is 2.21. The smallest absolute Gasteiger partial charge is 0.120 e.